The number of carbonyl (C=O) groups is 2. The number of carbonyl (C=O) groups excluding carboxylic acids is 2. The smallest absolute Gasteiger partial charge is 0.269 e. The molecule has 0 aromatic heterocycles. The summed E-state index contributed by atoms with van der Waals surface area (Å²) >= 11 is 6.27. The standard InChI is InChI=1S/C22H19ClN2O4/c1-13-8-9-15(11-18(13)23)24-19-6-3-7-20(26)22(19)17(12-21(24)27)14-4-2-5-16(10-14)25(28)29/h2,4-5,8-11,17H,3,6-7,12H2,1H3. The number of rotatable bonds is 3. The fourth-order valence-corrected chi connectivity index (χ4v) is 4.33. The number of benzene rings is 2. The third-order valence-corrected chi connectivity index (χ3v) is 5.98. The van der Waals surface area contributed by atoms with Crippen molar-refractivity contribution >= 4 is 34.7 Å². The second kappa shape index (κ2) is 7.44. The minimum absolute atomic E-state index is 0.00142. The van der Waals surface area contributed by atoms with Gasteiger partial charge in [0.15, 0.2) is 5.78 Å². The highest BCUT2D eigenvalue weighted by atomic mass is 35.5. The van der Waals surface area contributed by atoms with E-state index in [1.54, 1.807) is 23.1 Å². The number of hydrogen-bond acceptors (Lipinski definition) is 4. The molecule has 0 spiro atoms. The second-order valence-corrected chi connectivity index (χ2v) is 7.82. The molecule has 0 N–H and O–H groups in total. The van der Waals surface area contributed by atoms with E-state index >= 15 is 0 Å². The molecule has 29 heavy (non-hydrogen) atoms. The van der Waals surface area contributed by atoms with Crippen molar-refractivity contribution < 1.29 is 14.5 Å². The lowest BCUT2D eigenvalue weighted by atomic mass is 9.77. The number of anilines is 1. The Bertz CT molecular complexity index is 1080. The number of ketones is 1. The van der Waals surface area contributed by atoms with Crippen LogP contribution in [0, 0.1) is 17.0 Å². The highest BCUT2D eigenvalue weighted by molar-refractivity contribution is 6.31. The number of aryl methyl sites for hydroxylation is 1. The van der Waals surface area contributed by atoms with Crippen LogP contribution in [0.2, 0.25) is 5.02 Å². The van der Waals surface area contributed by atoms with Crippen LogP contribution in [0.3, 0.4) is 0 Å². The minimum atomic E-state index is -0.470. The molecule has 0 radical (unpaired) electrons. The van der Waals surface area contributed by atoms with E-state index in [1.165, 1.54) is 12.1 Å². The molecule has 0 bridgehead atoms. The average Bonchev–Trinajstić information content (AvgIpc) is 2.70. The fourth-order valence-electron chi connectivity index (χ4n) is 4.15. The van der Waals surface area contributed by atoms with Crippen molar-refractivity contribution in [3.05, 3.63) is 80.0 Å². The number of amides is 1. The summed E-state index contributed by atoms with van der Waals surface area (Å²) in [5.74, 6) is -0.615. The first-order valence-corrected chi connectivity index (χ1v) is 9.84. The Morgan fingerprint density at radius 1 is 1.14 bits per heavy atom. The molecule has 6 nitrogen and oxygen atoms in total. The van der Waals surface area contributed by atoms with Crippen LogP contribution >= 0.6 is 11.6 Å². The van der Waals surface area contributed by atoms with Gasteiger partial charge >= 0.3 is 0 Å². The van der Waals surface area contributed by atoms with Gasteiger partial charge in [-0.15, -0.1) is 0 Å². The molecule has 1 aliphatic heterocycles. The third kappa shape index (κ3) is 3.44. The number of allylic oxidation sites excluding steroid dienone is 2. The maximum absolute atomic E-state index is 13.2. The van der Waals surface area contributed by atoms with Crippen LogP contribution in [-0.4, -0.2) is 16.6 Å². The Labute approximate surface area is 172 Å². The van der Waals surface area contributed by atoms with Crippen LogP contribution in [-0.2, 0) is 9.59 Å². The normalized spacial score (nSPS) is 19.4. The van der Waals surface area contributed by atoms with E-state index in [9.17, 15) is 19.7 Å². The minimum Gasteiger partial charge on any atom is -0.294 e. The quantitative estimate of drug-likeness (QED) is 0.521. The zero-order chi connectivity index (χ0) is 20.7. The van der Waals surface area contributed by atoms with Crippen LogP contribution < -0.4 is 4.90 Å². The molecule has 0 saturated heterocycles. The van der Waals surface area contributed by atoms with E-state index in [2.05, 4.69) is 0 Å². The molecule has 7 heteroatoms. The van der Waals surface area contributed by atoms with Gasteiger partial charge in [0.05, 0.1) is 10.6 Å². The van der Waals surface area contributed by atoms with E-state index in [0.29, 0.717) is 46.8 Å². The van der Waals surface area contributed by atoms with Gasteiger partial charge in [0.1, 0.15) is 0 Å². The Morgan fingerprint density at radius 3 is 2.66 bits per heavy atom. The molecule has 0 fully saturated rings. The van der Waals surface area contributed by atoms with Crippen LogP contribution in [0.25, 0.3) is 0 Å². The first-order valence-electron chi connectivity index (χ1n) is 9.46. The monoisotopic (exact) mass is 410 g/mol. The van der Waals surface area contributed by atoms with Crippen LogP contribution in [0.1, 0.15) is 42.7 Å². The van der Waals surface area contributed by atoms with E-state index in [0.717, 1.165) is 5.56 Å². The summed E-state index contributed by atoms with van der Waals surface area (Å²) in [6.45, 7) is 1.89. The molecule has 1 heterocycles. The summed E-state index contributed by atoms with van der Waals surface area (Å²) < 4.78 is 0. The van der Waals surface area contributed by atoms with Crippen LogP contribution in [0.4, 0.5) is 11.4 Å². The van der Waals surface area contributed by atoms with Gasteiger partial charge in [-0.05, 0) is 43.0 Å². The Morgan fingerprint density at radius 2 is 1.93 bits per heavy atom. The van der Waals surface area contributed by atoms with Crippen LogP contribution in [0.5, 0.6) is 0 Å². The molecule has 4 rings (SSSR count). The van der Waals surface area contributed by atoms with Gasteiger partial charge in [-0.3, -0.25) is 24.6 Å². The molecule has 0 saturated carbocycles. The molecule has 148 valence electrons. The predicted molar refractivity (Wildman–Crippen MR) is 110 cm³/mol. The maximum Gasteiger partial charge on any atom is 0.269 e. The Hall–Kier alpha value is -2.99. The summed E-state index contributed by atoms with van der Waals surface area (Å²) in [7, 11) is 0. The Kier molecular flexibility index (Phi) is 4.96. The van der Waals surface area contributed by atoms with Gasteiger partial charge in [-0.2, -0.15) is 0 Å². The molecule has 1 aliphatic carbocycles. The molecule has 2 aromatic carbocycles. The van der Waals surface area contributed by atoms with E-state index < -0.39 is 10.8 Å². The molecule has 1 amide bonds. The predicted octanol–water partition coefficient (Wildman–Crippen LogP) is 5.08. The lowest BCUT2D eigenvalue weighted by molar-refractivity contribution is -0.384. The summed E-state index contributed by atoms with van der Waals surface area (Å²) in [6, 6.07) is 11.6. The molecule has 1 unspecified atom stereocenters. The van der Waals surface area contributed by atoms with Crippen molar-refractivity contribution in [2.24, 2.45) is 0 Å². The number of nitrogens with zero attached hydrogens (tertiary/aromatic N) is 2. The van der Waals surface area contributed by atoms with Crippen molar-refractivity contribution in [3.63, 3.8) is 0 Å². The highest BCUT2D eigenvalue weighted by Gasteiger charge is 2.40. The fraction of sp³-hybridized carbons (Fsp3) is 0.273. The van der Waals surface area contributed by atoms with E-state index in [1.807, 2.05) is 19.1 Å². The zero-order valence-electron chi connectivity index (χ0n) is 15.9. The molecule has 1 atom stereocenters. The van der Waals surface area contributed by atoms with Crippen molar-refractivity contribution in [2.45, 2.75) is 38.5 Å². The van der Waals surface area contributed by atoms with Crippen molar-refractivity contribution in [3.8, 4) is 0 Å². The average molecular weight is 411 g/mol. The number of halogens is 1. The van der Waals surface area contributed by atoms with Gasteiger partial charge in [0.25, 0.3) is 5.69 Å². The zero-order valence-corrected chi connectivity index (χ0v) is 16.6. The third-order valence-electron chi connectivity index (χ3n) is 5.57. The Balaban J connectivity index is 1.86. The van der Waals surface area contributed by atoms with Gasteiger partial charge < -0.3 is 0 Å². The van der Waals surface area contributed by atoms with Gasteiger partial charge in [-0.25, -0.2) is 0 Å². The van der Waals surface area contributed by atoms with Crippen molar-refractivity contribution in [1.29, 1.82) is 0 Å². The number of non-ortho nitro benzene ring substituents is 1. The van der Waals surface area contributed by atoms with Crippen molar-refractivity contribution in [1.82, 2.24) is 0 Å². The second-order valence-electron chi connectivity index (χ2n) is 7.41. The highest BCUT2D eigenvalue weighted by Crippen LogP contribution is 2.44. The van der Waals surface area contributed by atoms with Gasteiger partial charge in [-0.1, -0.05) is 29.8 Å². The van der Waals surface area contributed by atoms with Gasteiger partial charge in [0, 0.05) is 47.2 Å². The summed E-state index contributed by atoms with van der Waals surface area (Å²) in [5.41, 5.74) is 3.40. The molecular formula is C22H19ClN2O4. The van der Waals surface area contributed by atoms with E-state index in [-0.39, 0.29) is 23.8 Å². The number of Topliss-reactive ketones (excluding diaryl/α,β-unsaturated/α-hetero) is 1. The molecule has 2 aromatic rings. The number of nitro groups is 1. The van der Waals surface area contributed by atoms with Gasteiger partial charge in [0.2, 0.25) is 5.91 Å². The summed E-state index contributed by atoms with van der Waals surface area (Å²) in [5, 5.41) is 11.7. The largest absolute Gasteiger partial charge is 0.294 e. The van der Waals surface area contributed by atoms with Crippen molar-refractivity contribution in [2.75, 3.05) is 4.90 Å². The number of hydrogen-bond donors (Lipinski definition) is 0. The summed E-state index contributed by atoms with van der Waals surface area (Å²) in [4.78, 5) is 38.4. The number of nitro benzene ring substituents is 1. The van der Waals surface area contributed by atoms with E-state index in [4.69, 9.17) is 11.6 Å². The van der Waals surface area contributed by atoms with Crippen LogP contribution in [0.15, 0.2) is 53.7 Å². The molecule has 2 aliphatic rings. The first-order chi connectivity index (χ1) is 13.9. The first kappa shape index (κ1) is 19.3. The topological polar surface area (TPSA) is 80.5 Å². The summed E-state index contributed by atoms with van der Waals surface area (Å²) in [6.07, 6.45) is 1.77. The lowest BCUT2D eigenvalue weighted by Gasteiger charge is -2.38. The maximum atomic E-state index is 13.2. The SMILES string of the molecule is Cc1ccc(N2C(=O)CC(c3cccc([N+](=O)[O-])c3)C3=C2CCCC3=O)cc1Cl. The molecular weight excluding hydrogens is 392 g/mol. The lowest BCUT2D eigenvalue weighted by Crippen LogP contribution is -2.40.